The molecule has 0 aliphatic heterocycles. The van der Waals surface area contributed by atoms with Crippen LogP contribution in [0.15, 0.2) is 53.7 Å². The Morgan fingerprint density at radius 1 is 1.28 bits per heavy atom. The highest BCUT2D eigenvalue weighted by Gasteiger charge is 2.08. The second-order valence-electron chi connectivity index (χ2n) is 6.05. The molecule has 0 saturated carbocycles. The van der Waals surface area contributed by atoms with Crippen LogP contribution in [0.3, 0.4) is 0 Å². The van der Waals surface area contributed by atoms with Crippen LogP contribution >= 0.6 is 11.3 Å². The minimum Gasteiger partial charge on any atom is -0.388 e. The van der Waals surface area contributed by atoms with Crippen LogP contribution in [0, 0.1) is 6.92 Å². The number of nitrogens with zero attached hydrogens (tertiary/aromatic N) is 1. The van der Waals surface area contributed by atoms with Crippen molar-refractivity contribution in [2.75, 3.05) is 11.1 Å². The van der Waals surface area contributed by atoms with E-state index in [-0.39, 0.29) is 28.2 Å². The molecule has 1 aromatic heterocycles. The first-order valence-corrected chi connectivity index (χ1v) is 9.55. The summed E-state index contributed by atoms with van der Waals surface area (Å²) in [6.07, 6.45) is -6.75. The van der Waals surface area contributed by atoms with E-state index in [1.165, 1.54) is 6.92 Å². The molecule has 2 aromatic carbocycles. The maximum Gasteiger partial charge on any atom is 0.230 e. The predicted octanol–water partition coefficient (Wildman–Crippen LogP) is 4.66. The summed E-state index contributed by atoms with van der Waals surface area (Å²) < 4.78 is 98.3. The standard InChI is InChI=1S/C23H27N3O2S/c1-16-6-10-18(11-7-16)21(27)5-3-2-4-17-8-12-19(13-9-17)25-22(28)14-20-15-29-23(24)26-20/h6-13,15,21,27H,2-5,14H2,1H3,(H2,24,26)(H,25,28)/t21-/m0/s1/i4D2,6D,7D,8D,9D,10D,11D,12D,13D,15D,21D. The molecule has 5 nitrogen and oxygen atoms in total. The van der Waals surface area contributed by atoms with Crippen LogP contribution in [0.5, 0.6) is 0 Å². The number of hydrogen-bond acceptors (Lipinski definition) is 5. The largest absolute Gasteiger partial charge is 0.388 e. The first kappa shape index (κ1) is 10.4. The third kappa shape index (κ3) is 6.69. The summed E-state index contributed by atoms with van der Waals surface area (Å²) in [5, 5.41) is 13.0. The van der Waals surface area contributed by atoms with Gasteiger partial charge in [-0.2, -0.15) is 0 Å². The summed E-state index contributed by atoms with van der Waals surface area (Å²) in [6.45, 7) is 1.38. The number of nitrogens with two attached hydrogens (primary N) is 1. The van der Waals surface area contributed by atoms with E-state index < -0.39 is 103 Å². The highest BCUT2D eigenvalue weighted by molar-refractivity contribution is 7.13. The minimum absolute atomic E-state index is 0.0409. The van der Waals surface area contributed by atoms with Crippen molar-refractivity contribution in [3.05, 3.63) is 76.1 Å². The topological polar surface area (TPSA) is 88.2 Å². The fourth-order valence-electron chi connectivity index (χ4n) is 2.28. The van der Waals surface area contributed by atoms with Crippen LogP contribution in [0.1, 0.15) is 64.2 Å². The van der Waals surface area contributed by atoms with E-state index in [0.717, 1.165) is 11.3 Å². The van der Waals surface area contributed by atoms with E-state index in [1.54, 1.807) is 0 Å². The number of hydrogen-bond donors (Lipinski definition) is 3. The van der Waals surface area contributed by atoms with Crippen molar-refractivity contribution >= 4 is 28.1 Å². The molecule has 3 aromatic rings. The van der Waals surface area contributed by atoms with E-state index >= 15 is 0 Å². The Kier molecular flexibility index (Phi) is 3.64. The maximum absolute atomic E-state index is 12.5. The number of aliphatic hydroxyl groups is 1. The van der Waals surface area contributed by atoms with Crippen LogP contribution < -0.4 is 11.1 Å². The Balaban J connectivity index is 1.83. The molecule has 0 radical (unpaired) electrons. The molecule has 0 unspecified atom stereocenters. The van der Waals surface area contributed by atoms with Gasteiger partial charge in [0.05, 0.1) is 31.9 Å². The summed E-state index contributed by atoms with van der Waals surface area (Å²) in [7, 11) is 0. The zero-order chi connectivity index (χ0) is 31.2. The van der Waals surface area contributed by atoms with Crippen molar-refractivity contribution in [3.8, 4) is 0 Å². The molecule has 0 aliphatic carbocycles. The number of nitrogen functional groups attached to an aromatic ring is 1. The smallest absolute Gasteiger partial charge is 0.230 e. The fraction of sp³-hybridized carbons (Fsp3) is 0.304. The minimum atomic E-state index is -2.60. The first-order chi connectivity index (χ1) is 18.8. The third-order valence-corrected chi connectivity index (χ3v) is 4.30. The van der Waals surface area contributed by atoms with Gasteiger partial charge >= 0.3 is 0 Å². The van der Waals surface area contributed by atoms with Crippen LogP contribution in [0.4, 0.5) is 10.8 Å². The molecule has 0 fully saturated rings. The van der Waals surface area contributed by atoms with Crippen molar-refractivity contribution in [3.63, 3.8) is 0 Å². The number of nitrogens with one attached hydrogen (secondary N) is 1. The van der Waals surface area contributed by atoms with Gasteiger partial charge in [-0.1, -0.05) is 48.2 Å². The highest BCUT2D eigenvalue weighted by atomic mass is 32.1. The van der Waals surface area contributed by atoms with Crippen molar-refractivity contribution in [1.82, 2.24) is 4.98 Å². The monoisotopic (exact) mass is 421 g/mol. The van der Waals surface area contributed by atoms with Gasteiger partial charge in [-0.25, -0.2) is 4.98 Å². The molecule has 4 N–H and O–H groups in total. The molecule has 29 heavy (non-hydrogen) atoms. The number of rotatable bonds is 9. The molecule has 152 valence electrons. The second-order valence-corrected chi connectivity index (χ2v) is 6.88. The normalized spacial score (nSPS) is 19.4. The molecule has 3 rings (SSSR count). The number of benzene rings is 2. The number of anilines is 2. The third-order valence-electron chi connectivity index (χ3n) is 3.67. The van der Waals surface area contributed by atoms with Crippen LogP contribution in [-0.4, -0.2) is 16.0 Å². The van der Waals surface area contributed by atoms with Gasteiger partial charge in [0.15, 0.2) is 5.13 Å². The molecule has 6 heteroatoms. The Hall–Kier alpha value is -2.70. The molecule has 0 bridgehead atoms. The number of carbonyl (C=O) groups is 1. The quantitative estimate of drug-likeness (QED) is 0.469. The Labute approximate surface area is 192 Å². The Morgan fingerprint density at radius 2 is 2.00 bits per heavy atom. The van der Waals surface area contributed by atoms with Gasteiger partial charge in [0.2, 0.25) is 5.91 Å². The molecule has 0 spiro atoms. The SMILES string of the molecule is [2H]c1sc(N)nc1CC(=O)Nc1c([2H])c([2H])c(C([2H])([2H])CCC[C@]([2H])(O)c2c([2H])c([2H])c(C)c([2H])c2[2H])c([2H])c1[2H]. The summed E-state index contributed by atoms with van der Waals surface area (Å²) in [5.41, 5.74) is 4.01. The Morgan fingerprint density at radius 3 is 2.66 bits per heavy atom. The number of amides is 1. The van der Waals surface area contributed by atoms with E-state index in [1.807, 2.05) is 0 Å². The van der Waals surface area contributed by atoms with Crippen molar-refractivity contribution in [2.24, 2.45) is 0 Å². The summed E-state index contributed by atoms with van der Waals surface area (Å²) in [4.78, 5) is 16.4. The van der Waals surface area contributed by atoms with Crippen LogP contribution in [0.25, 0.3) is 0 Å². The lowest BCUT2D eigenvalue weighted by Gasteiger charge is -2.11. The molecular weight excluding hydrogens is 382 g/mol. The number of thiazole rings is 1. The number of carbonyl (C=O) groups excluding carboxylic acids is 1. The lowest BCUT2D eigenvalue weighted by atomic mass is 10.0. The molecule has 0 saturated heterocycles. The number of aromatic nitrogens is 1. The highest BCUT2D eigenvalue weighted by Crippen LogP contribution is 2.21. The van der Waals surface area contributed by atoms with Gasteiger partial charge in [0.25, 0.3) is 0 Å². The predicted molar refractivity (Wildman–Crippen MR) is 119 cm³/mol. The van der Waals surface area contributed by atoms with Crippen molar-refractivity contribution < 1.29 is 26.4 Å². The zero-order valence-electron chi connectivity index (χ0n) is 27.6. The van der Waals surface area contributed by atoms with Gasteiger partial charge in [0, 0.05) is 13.8 Å². The molecule has 0 aliphatic rings. The van der Waals surface area contributed by atoms with Gasteiger partial charge in [0.1, 0.15) is 0 Å². The molecular formula is C23H27N3O2S. The summed E-state index contributed by atoms with van der Waals surface area (Å²) in [5.74, 6) is -0.777. The Bertz CT molecular complexity index is 1470. The van der Waals surface area contributed by atoms with E-state index in [9.17, 15) is 9.90 Å². The molecule has 1 amide bonds. The van der Waals surface area contributed by atoms with E-state index in [2.05, 4.69) is 10.3 Å². The zero-order valence-corrected chi connectivity index (χ0v) is 16.4. The molecule has 1 heterocycles. The van der Waals surface area contributed by atoms with E-state index in [4.69, 9.17) is 22.2 Å². The van der Waals surface area contributed by atoms with Crippen molar-refractivity contribution in [1.29, 1.82) is 0 Å². The van der Waals surface area contributed by atoms with Gasteiger partial charge in [-0.15, -0.1) is 11.3 Å². The lowest BCUT2D eigenvalue weighted by molar-refractivity contribution is -0.115. The maximum atomic E-state index is 12.5. The lowest BCUT2D eigenvalue weighted by Crippen LogP contribution is -2.14. The van der Waals surface area contributed by atoms with Gasteiger partial charge < -0.3 is 16.2 Å². The van der Waals surface area contributed by atoms with Gasteiger partial charge in [-0.05, 0) is 49.4 Å². The van der Waals surface area contributed by atoms with Gasteiger partial charge in [-0.3, -0.25) is 4.79 Å². The second kappa shape index (κ2) is 10.2. The fourth-order valence-corrected chi connectivity index (χ4v) is 2.77. The summed E-state index contributed by atoms with van der Waals surface area (Å²) in [6, 6.07) is -4.89. The molecule has 1 atom stereocenters. The summed E-state index contributed by atoms with van der Waals surface area (Å²) >= 11 is 0.858. The van der Waals surface area contributed by atoms with Crippen LogP contribution in [0.2, 0.25) is 0 Å². The van der Waals surface area contributed by atoms with Crippen LogP contribution in [-0.2, 0) is 17.6 Å². The van der Waals surface area contributed by atoms with E-state index in [0.29, 0.717) is 0 Å². The first-order valence-electron chi connectivity index (χ1n) is 14.7. The average molecular weight is 422 g/mol. The average Bonchev–Trinajstić information content (AvgIpc) is 3.18. The van der Waals surface area contributed by atoms with Crippen molar-refractivity contribution in [2.45, 2.75) is 45.1 Å².